The molecule has 2 aromatic rings. The summed E-state index contributed by atoms with van der Waals surface area (Å²) in [4.78, 5) is 30.9. The Morgan fingerprint density at radius 3 is 1.94 bits per heavy atom. The highest BCUT2D eigenvalue weighted by atomic mass is 19.4. The fourth-order valence-corrected chi connectivity index (χ4v) is 2.86. The van der Waals surface area contributed by atoms with Crippen LogP contribution in [0.3, 0.4) is 0 Å². The van der Waals surface area contributed by atoms with Gasteiger partial charge in [0.15, 0.2) is 0 Å². The van der Waals surface area contributed by atoms with Crippen LogP contribution in [-0.4, -0.2) is 87.0 Å². The van der Waals surface area contributed by atoms with Crippen molar-refractivity contribution < 1.29 is 46.1 Å². The molecule has 0 aliphatic carbocycles. The molecule has 1 aromatic carbocycles. The molecule has 8 nitrogen and oxygen atoms in total. The van der Waals surface area contributed by atoms with Gasteiger partial charge in [0.2, 0.25) is 0 Å². The van der Waals surface area contributed by atoms with E-state index in [1.165, 1.54) is 11.4 Å². The van der Waals surface area contributed by atoms with Crippen molar-refractivity contribution in [3.05, 3.63) is 41.7 Å². The van der Waals surface area contributed by atoms with Crippen molar-refractivity contribution in [2.45, 2.75) is 38.8 Å². The van der Waals surface area contributed by atoms with Gasteiger partial charge in [0.05, 0.1) is 5.69 Å². The molecule has 0 radical (unpaired) electrons. The SMILES string of the molecule is Cc1[nH]c(-c2ccccc2)nc1CN1CCN(C)C(C)C1.O=C(O)C(F)(F)F.O=C(O)C(F)(F)F. The second-order valence-corrected chi connectivity index (χ2v) is 7.69. The molecule has 1 atom stereocenters. The van der Waals surface area contributed by atoms with Crippen molar-refractivity contribution in [1.82, 2.24) is 19.8 Å². The van der Waals surface area contributed by atoms with E-state index >= 15 is 0 Å². The average molecular weight is 512 g/mol. The normalized spacial score (nSPS) is 17.0. The first kappa shape index (κ1) is 29.9. The van der Waals surface area contributed by atoms with Gasteiger partial charge < -0.3 is 20.1 Å². The molecule has 0 spiro atoms. The third-order valence-electron chi connectivity index (χ3n) is 4.93. The smallest absolute Gasteiger partial charge is 0.475 e. The van der Waals surface area contributed by atoms with Gasteiger partial charge in [-0.05, 0) is 20.9 Å². The van der Waals surface area contributed by atoms with Crippen LogP contribution in [0.4, 0.5) is 26.3 Å². The van der Waals surface area contributed by atoms with Gasteiger partial charge >= 0.3 is 24.3 Å². The summed E-state index contributed by atoms with van der Waals surface area (Å²) in [6.07, 6.45) is -10.2. The number of benzene rings is 1. The Morgan fingerprint density at radius 2 is 1.51 bits per heavy atom. The topological polar surface area (TPSA) is 110 Å². The second kappa shape index (κ2) is 12.5. The molecule has 0 amide bonds. The number of aromatic nitrogens is 2. The van der Waals surface area contributed by atoms with E-state index in [0.29, 0.717) is 6.04 Å². The standard InChI is InChI=1S/C17H24N4.2C2HF3O2/c1-13-11-21(10-9-20(13)3)12-16-14(2)18-17(19-16)15-7-5-4-6-8-15;2*3-2(4,5)1(6)7/h4-8,13H,9-12H2,1-3H3,(H,18,19);2*(H,6,7). The predicted octanol–water partition coefficient (Wildman–Crippen LogP) is 3.79. The van der Waals surface area contributed by atoms with Crippen molar-refractivity contribution in [3.8, 4) is 11.4 Å². The summed E-state index contributed by atoms with van der Waals surface area (Å²) >= 11 is 0. The first-order valence-electron chi connectivity index (χ1n) is 10.2. The number of aromatic amines is 1. The summed E-state index contributed by atoms with van der Waals surface area (Å²) in [6, 6.07) is 10.9. The number of hydrogen-bond donors (Lipinski definition) is 3. The van der Waals surface area contributed by atoms with E-state index in [2.05, 4.69) is 59.9 Å². The number of nitrogens with zero attached hydrogens (tertiary/aromatic N) is 3. The van der Waals surface area contributed by atoms with E-state index in [9.17, 15) is 26.3 Å². The van der Waals surface area contributed by atoms with Gasteiger partial charge in [-0.1, -0.05) is 30.3 Å². The van der Waals surface area contributed by atoms with E-state index in [0.717, 1.165) is 37.6 Å². The summed E-state index contributed by atoms with van der Waals surface area (Å²) in [7, 11) is 2.20. The first-order valence-corrected chi connectivity index (χ1v) is 10.2. The Morgan fingerprint density at radius 1 is 1.03 bits per heavy atom. The number of aryl methyl sites for hydroxylation is 1. The minimum Gasteiger partial charge on any atom is -0.475 e. The third kappa shape index (κ3) is 10.3. The number of imidazole rings is 1. The van der Waals surface area contributed by atoms with E-state index in [1.807, 2.05) is 6.07 Å². The molecule has 3 rings (SSSR count). The number of halogens is 6. The van der Waals surface area contributed by atoms with Gasteiger partial charge in [-0.2, -0.15) is 26.3 Å². The Bertz CT molecular complexity index is 939. The zero-order valence-corrected chi connectivity index (χ0v) is 19.1. The number of carboxylic acid groups (broad SMARTS) is 2. The van der Waals surface area contributed by atoms with Gasteiger partial charge in [0, 0.05) is 43.5 Å². The molecule has 14 heteroatoms. The number of carboxylic acids is 2. The fourth-order valence-electron chi connectivity index (χ4n) is 2.86. The van der Waals surface area contributed by atoms with Crippen molar-refractivity contribution in [2.75, 3.05) is 26.7 Å². The van der Waals surface area contributed by atoms with Gasteiger partial charge in [-0.15, -0.1) is 0 Å². The van der Waals surface area contributed by atoms with Crippen LogP contribution in [0.25, 0.3) is 11.4 Å². The maximum Gasteiger partial charge on any atom is 0.490 e. The highest BCUT2D eigenvalue weighted by Crippen LogP contribution is 2.19. The zero-order valence-electron chi connectivity index (χ0n) is 19.1. The van der Waals surface area contributed by atoms with Crippen LogP contribution in [0.15, 0.2) is 30.3 Å². The van der Waals surface area contributed by atoms with Crippen LogP contribution in [-0.2, 0) is 16.1 Å². The van der Waals surface area contributed by atoms with Gasteiger partial charge in [0.1, 0.15) is 5.82 Å². The molecule has 1 aliphatic rings. The van der Waals surface area contributed by atoms with E-state index in [-0.39, 0.29) is 0 Å². The summed E-state index contributed by atoms with van der Waals surface area (Å²) in [6.45, 7) is 8.72. The van der Waals surface area contributed by atoms with Crippen LogP contribution >= 0.6 is 0 Å². The quantitative estimate of drug-likeness (QED) is 0.537. The van der Waals surface area contributed by atoms with Gasteiger partial charge in [-0.25, -0.2) is 14.6 Å². The lowest BCUT2D eigenvalue weighted by Gasteiger charge is -2.37. The molecule has 196 valence electrons. The van der Waals surface area contributed by atoms with Crippen molar-refractivity contribution >= 4 is 11.9 Å². The van der Waals surface area contributed by atoms with Crippen molar-refractivity contribution in [1.29, 1.82) is 0 Å². The van der Waals surface area contributed by atoms with Crippen molar-refractivity contribution in [2.24, 2.45) is 0 Å². The van der Waals surface area contributed by atoms with E-state index in [1.54, 1.807) is 0 Å². The molecule has 0 saturated carbocycles. The number of H-pyrrole nitrogens is 1. The molecular weight excluding hydrogens is 486 g/mol. The fraction of sp³-hybridized carbons (Fsp3) is 0.476. The van der Waals surface area contributed by atoms with Crippen LogP contribution in [0.5, 0.6) is 0 Å². The van der Waals surface area contributed by atoms with Gasteiger partial charge in [-0.3, -0.25) is 4.90 Å². The monoisotopic (exact) mass is 512 g/mol. The number of carbonyl (C=O) groups is 2. The molecule has 1 saturated heterocycles. The first-order chi connectivity index (χ1) is 16.0. The Balaban J connectivity index is 0.000000362. The molecule has 35 heavy (non-hydrogen) atoms. The molecular formula is C21H26F6N4O4. The summed E-state index contributed by atoms with van der Waals surface area (Å²) in [5.74, 6) is -4.54. The molecule has 0 bridgehead atoms. The lowest BCUT2D eigenvalue weighted by molar-refractivity contribution is -0.193. The lowest BCUT2D eigenvalue weighted by Crippen LogP contribution is -2.49. The van der Waals surface area contributed by atoms with Crippen LogP contribution in [0.1, 0.15) is 18.3 Å². The highest BCUT2D eigenvalue weighted by molar-refractivity contribution is 5.73. The largest absolute Gasteiger partial charge is 0.490 e. The number of hydrogen-bond acceptors (Lipinski definition) is 5. The minimum atomic E-state index is -5.08. The number of rotatable bonds is 3. The highest BCUT2D eigenvalue weighted by Gasteiger charge is 2.38. The Labute approximate surface area is 197 Å². The maximum absolute atomic E-state index is 10.6. The molecule has 2 heterocycles. The predicted molar refractivity (Wildman–Crippen MR) is 114 cm³/mol. The molecule has 1 aliphatic heterocycles. The molecule has 3 N–H and O–H groups in total. The Kier molecular flexibility index (Phi) is 10.7. The minimum absolute atomic E-state index is 0.617. The summed E-state index contributed by atoms with van der Waals surface area (Å²) in [5, 5.41) is 14.2. The number of alkyl halides is 6. The molecule has 1 aromatic heterocycles. The van der Waals surface area contributed by atoms with Crippen LogP contribution in [0.2, 0.25) is 0 Å². The number of nitrogens with one attached hydrogen (secondary N) is 1. The van der Waals surface area contributed by atoms with E-state index < -0.39 is 24.3 Å². The zero-order chi connectivity index (χ0) is 27.0. The van der Waals surface area contributed by atoms with Gasteiger partial charge in [0.25, 0.3) is 0 Å². The number of piperazine rings is 1. The van der Waals surface area contributed by atoms with Crippen molar-refractivity contribution in [3.63, 3.8) is 0 Å². The lowest BCUT2D eigenvalue weighted by atomic mass is 10.2. The number of likely N-dealkylation sites (N-methyl/N-ethyl adjacent to an activating group) is 1. The van der Waals surface area contributed by atoms with Crippen LogP contribution < -0.4 is 0 Å². The summed E-state index contributed by atoms with van der Waals surface area (Å²) < 4.78 is 63.5. The number of aliphatic carboxylic acids is 2. The summed E-state index contributed by atoms with van der Waals surface area (Å²) in [5.41, 5.74) is 3.50. The average Bonchev–Trinajstić information content (AvgIpc) is 3.11. The van der Waals surface area contributed by atoms with E-state index in [4.69, 9.17) is 24.8 Å². The maximum atomic E-state index is 10.6. The Hall–Kier alpha value is -3.13. The molecule has 1 unspecified atom stereocenters. The molecule has 1 fully saturated rings. The second-order valence-electron chi connectivity index (χ2n) is 7.69. The van der Waals surface area contributed by atoms with Crippen LogP contribution in [0, 0.1) is 6.92 Å². The third-order valence-corrected chi connectivity index (χ3v) is 4.93.